The van der Waals surface area contributed by atoms with Crippen molar-refractivity contribution in [1.82, 2.24) is 9.72 Å². The molecule has 0 amide bonds. The molecular formula is C20H18F3N3O3. The lowest BCUT2D eigenvalue weighted by atomic mass is 10.1. The smallest absolute Gasteiger partial charge is 0.344 e. The number of anilines is 1. The molecule has 6 nitrogen and oxygen atoms in total. The van der Waals surface area contributed by atoms with Crippen LogP contribution in [0.2, 0.25) is 0 Å². The molecule has 3 aromatic rings. The third-order valence-corrected chi connectivity index (χ3v) is 5.00. The first kappa shape index (κ1) is 19.3. The van der Waals surface area contributed by atoms with Crippen LogP contribution in [-0.4, -0.2) is 43.2 Å². The minimum atomic E-state index is -1.48. The van der Waals surface area contributed by atoms with Gasteiger partial charge in [-0.1, -0.05) is 6.07 Å². The van der Waals surface area contributed by atoms with Crippen molar-refractivity contribution in [1.29, 1.82) is 0 Å². The molecule has 1 fully saturated rings. The highest BCUT2D eigenvalue weighted by Gasteiger charge is 2.30. The Morgan fingerprint density at radius 3 is 2.55 bits per heavy atom. The van der Waals surface area contributed by atoms with Gasteiger partial charge >= 0.3 is 5.97 Å². The molecule has 29 heavy (non-hydrogen) atoms. The summed E-state index contributed by atoms with van der Waals surface area (Å²) >= 11 is 0. The minimum absolute atomic E-state index is 0.0115. The lowest BCUT2D eigenvalue weighted by Crippen LogP contribution is -2.44. The van der Waals surface area contributed by atoms with E-state index in [-0.39, 0.29) is 25.2 Å². The lowest BCUT2D eigenvalue weighted by molar-refractivity contribution is 0.0527. The maximum atomic E-state index is 15.5. The van der Waals surface area contributed by atoms with Gasteiger partial charge in [0.1, 0.15) is 11.3 Å². The molecule has 0 bridgehead atoms. The molecular weight excluding hydrogens is 387 g/mol. The molecule has 0 atom stereocenters. The van der Waals surface area contributed by atoms with Gasteiger partial charge in [0.15, 0.2) is 17.5 Å². The first-order chi connectivity index (χ1) is 14.0. The topological polar surface area (TPSA) is 63.1 Å². The third kappa shape index (κ3) is 2.93. The van der Waals surface area contributed by atoms with Crippen molar-refractivity contribution < 1.29 is 22.7 Å². The summed E-state index contributed by atoms with van der Waals surface area (Å²) in [5.41, 5.74) is -2.44. The number of nitrogens with one attached hydrogen (secondary N) is 1. The molecule has 1 aromatic carbocycles. The van der Waals surface area contributed by atoms with Crippen molar-refractivity contribution in [3.05, 3.63) is 57.6 Å². The van der Waals surface area contributed by atoms with E-state index in [9.17, 15) is 14.0 Å². The number of carbonyl (C=O) groups excluding carboxylic acids is 1. The van der Waals surface area contributed by atoms with Gasteiger partial charge in [0.05, 0.1) is 23.0 Å². The summed E-state index contributed by atoms with van der Waals surface area (Å²) in [5.74, 6) is -4.95. The standard InChI is InChI=1S/C20H18F3N3O3/c1-2-29-20(28)12-11-5-3-4-8-26(11)17-13(19(12)27)14(21)15(22)18(16(17)23)25-9-6-24-7-10-25/h3-5,8,24H,2,6-7,9-10H2,1H3. The van der Waals surface area contributed by atoms with Gasteiger partial charge in [0.25, 0.3) is 0 Å². The fourth-order valence-electron chi connectivity index (χ4n) is 3.72. The van der Waals surface area contributed by atoms with Crippen LogP contribution in [-0.2, 0) is 4.74 Å². The molecule has 1 N–H and O–H groups in total. The Labute approximate surface area is 163 Å². The molecule has 3 heterocycles. The number of pyridine rings is 2. The second kappa shape index (κ2) is 7.40. The number of fused-ring (bicyclic) bond motifs is 3. The first-order valence-electron chi connectivity index (χ1n) is 9.23. The van der Waals surface area contributed by atoms with Crippen LogP contribution in [0.15, 0.2) is 29.2 Å². The fraction of sp³-hybridized carbons (Fsp3) is 0.300. The molecule has 152 valence electrons. The minimum Gasteiger partial charge on any atom is -0.462 e. The van der Waals surface area contributed by atoms with Gasteiger partial charge in [-0.2, -0.15) is 0 Å². The summed E-state index contributed by atoms with van der Waals surface area (Å²) < 4.78 is 51.6. The number of hydrogen-bond donors (Lipinski definition) is 1. The Bertz CT molecular complexity index is 1190. The molecule has 0 aliphatic carbocycles. The Balaban J connectivity index is 2.15. The predicted molar refractivity (Wildman–Crippen MR) is 102 cm³/mol. The van der Waals surface area contributed by atoms with Crippen molar-refractivity contribution in [3.8, 4) is 0 Å². The van der Waals surface area contributed by atoms with E-state index in [0.29, 0.717) is 13.1 Å². The van der Waals surface area contributed by atoms with E-state index in [4.69, 9.17) is 4.74 Å². The molecule has 1 saturated heterocycles. The molecule has 1 aliphatic heterocycles. The molecule has 0 spiro atoms. The van der Waals surface area contributed by atoms with Crippen LogP contribution in [0.3, 0.4) is 0 Å². The van der Waals surface area contributed by atoms with E-state index in [1.54, 1.807) is 13.0 Å². The lowest BCUT2D eigenvalue weighted by Gasteiger charge is -2.30. The van der Waals surface area contributed by atoms with Crippen molar-refractivity contribution >= 4 is 28.1 Å². The molecule has 0 unspecified atom stereocenters. The maximum absolute atomic E-state index is 15.5. The average molecular weight is 405 g/mol. The number of ether oxygens (including phenoxy) is 1. The van der Waals surface area contributed by atoms with Crippen molar-refractivity contribution in [2.75, 3.05) is 37.7 Å². The number of halogens is 3. The summed E-state index contributed by atoms with van der Waals surface area (Å²) in [5, 5.41) is 2.24. The zero-order valence-corrected chi connectivity index (χ0v) is 15.6. The van der Waals surface area contributed by atoms with Crippen molar-refractivity contribution in [2.24, 2.45) is 0 Å². The number of esters is 1. The number of hydrogen-bond acceptors (Lipinski definition) is 5. The number of rotatable bonds is 3. The average Bonchev–Trinajstić information content (AvgIpc) is 2.72. The van der Waals surface area contributed by atoms with Crippen LogP contribution >= 0.6 is 0 Å². The summed E-state index contributed by atoms with van der Waals surface area (Å²) in [6.45, 7) is 3.09. The van der Waals surface area contributed by atoms with Gasteiger partial charge in [-0.25, -0.2) is 18.0 Å². The molecule has 0 radical (unpaired) electrons. The normalized spacial score (nSPS) is 14.6. The third-order valence-electron chi connectivity index (χ3n) is 5.00. The van der Waals surface area contributed by atoms with Gasteiger partial charge in [0, 0.05) is 32.4 Å². The van der Waals surface area contributed by atoms with E-state index in [1.807, 2.05) is 0 Å². The highest BCUT2D eigenvalue weighted by molar-refractivity contribution is 6.02. The summed E-state index contributed by atoms with van der Waals surface area (Å²) in [4.78, 5) is 26.7. The summed E-state index contributed by atoms with van der Waals surface area (Å²) in [6, 6.07) is 4.52. The number of aromatic nitrogens is 1. The monoisotopic (exact) mass is 405 g/mol. The van der Waals surface area contributed by atoms with E-state index in [2.05, 4.69) is 5.32 Å². The highest BCUT2D eigenvalue weighted by Crippen LogP contribution is 2.33. The van der Waals surface area contributed by atoms with E-state index in [0.717, 1.165) is 0 Å². The van der Waals surface area contributed by atoms with Gasteiger partial charge in [-0.3, -0.25) is 4.79 Å². The van der Waals surface area contributed by atoms with Crippen molar-refractivity contribution in [2.45, 2.75) is 6.92 Å². The van der Waals surface area contributed by atoms with E-state index in [1.165, 1.54) is 27.6 Å². The van der Waals surface area contributed by atoms with Crippen molar-refractivity contribution in [3.63, 3.8) is 0 Å². The van der Waals surface area contributed by atoms with Crippen LogP contribution in [0.1, 0.15) is 17.3 Å². The van der Waals surface area contributed by atoms with Crippen LogP contribution in [0.25, 0.3) is 16.4 Å². The summed E-state index contributed by atoms with van der Waals surface area (Å²) in [7, 11) is 0. The quantitative estimate of drug-likeness (QED) is 0.412. The Morgan fingerprint density at radius 2 is 1.86 bits per heavy atom. The first-order valence-corrected chi connectivity index (χ1v) is 9.23. The number of carbonyl (C=O) groups is 1. The molecule has 4 rings (SSSR count). The van der Waals surface area contributed by atoms with Gasteiger partial charge in [-0.15, -0.1) is 0 Å². The van der Waals surface area contributed by atoms with Gasteiger partial charge in [0.2, 0.25) is 5.43 Å². The second-order valence-electron chi connectivity index (χ2n) is 6.63. The van der Waals surface area contributed by atoms with Crippen LogP contribution in [0.5, 0.6) is 0 Å². The second-order valence-corrected chi connectivity index (χ2v) is 6.63. The van der Waals surface area contributed by atoms with Crippen LogP contribution in [0.4, 0.5) is 18.9 Å². The summed E-state index contributed by atoms with van der Waals surface area (Å²) in [6.07, 6.45) is 1.39. The van der Waals surface area contributed by atoms with Gasteiger partial charge < -0.3 is 19.4 Å². The number of piperazine rings is 1. The molecule has 1 aliphatic rings. The van der Waals surface area contributed by atoms with Crippen LogP contribution in [0, 0.1) is 17.5 Å². The molecule has 9 heteroatoms. The molecule has 0 saturated carbocycles. The van der Waals surface area contributed by atoms with Gasteiger partial charge in [-0.05, 0) is 19.1 Å². The van der Waals surface area contributed by atoms with E-state index < -0.39 is 51.0 Å². The maximum Gasteiger partial charge on any atom is 0.344 e. The fourth-order valence-corrected chi connectivity index (χ4v) is 3.72. The Kier molecular flexibility index (Phi) is 4.91. The largest absolute Gasteiger partial charge is 0.462 e. The molecule has 2 aromatic heterocycles. The zero-order valence-electron chi connectivity index (χ0n) is 15.6. The number of benzene rings is 1. The highest BCUT2D eigenvalue weighted by atomic mass is 19.2. The van der Waals surface area contributed by atoms with E-state index >= 15 is 8.78 Å². The van der Waals surface area contributed by atoms with Crippen LogP contribution < -0.4 is 15.6 Å². The Hall–Kier alpha value is -3.07. The Morgan fingerprint density at radius 1 is 1.14 bits per heavy atom. The number of nitrogens with zero attached hydrogens (tertiary/aromatic N) is 2. The zero-order chi connectivity index (χ0) is 20.7. The SMILES string of the molecule is CCOC(=O)c1c(=O)c2c(F)c(F)c(N3CCNCC3)c(F)c2n2ccccc12. The predicted octanol–water partition coefficient (Wildman–Crippen LogP) is 2.46.